The van der Waals surface area contributed by atoms with Crippen LogP contribution in [-0.4, -0.2) is 33.1 Å². The number of fused-ring (bicyclic) bond motifs is 1. The summed E-state index contributed by atoms with van der Waals surface area (Å²) in [6.07, 6.45) is 5.14. The van der Waals surface area contributed by atoms with Crippen LogP contribution in [0.2, 0.25) is 0 Å². The van der Waals surface area contributed by atoms with Gasteiger partial charge in [-0.1, -0.05) is 12.0 Å². The first-order valence-electron chi connectivity index (χ1n) is 9.61. The van der Waals surface area contributed by atoms with Crippen LogP contribution in [0.1, 0.15) is 42.5 Å². The van der Waals surface area contributed by atoms with E-state index in [-0.39, 0.29) is 17.7 Å². The number of hydrogen-bond acceptors (Lipinski definition) is 7. The quantitative estimate of drug-likeness (QED) is 0.650. The lowest BCUT2D eigenvalue weighted by molar-refractivity contribution is -0.117. The highest BCUT2D eigenvalue weighted by Gasteiger charge is 2.30. The number of hydrogen-bond donors (Lipinski definition) is 2. The van der Waals surface area contributed by atoms with E-state index in [2.05, 4.69) is 48.7 Å². The molecular weight excluding hydrogens is 378 g/mol. The second kappa shape index (κ2) is 8.14. The Morgan fingerprint density at radius 2 is 2.03 bits per heavy atom. The van der Waals surface area contributed by atoms with E-state index in [1.165, 1.54) is 0 Å². The number of anilines is 2. The van der Waals surface area contributed by atoms with Crippen LogP contribution in [0.15, 0.2) is 30.6 Å². The van der Waals surface area contributed by atoms with Crippen LogP contribution in [-0.2, 0) is 4.79 Å². The van der Waals surface area contributed by atoms with Crippen molar-refractivity contribution in [1.29, 1.82) is 5.26 Å². The Kier molecular flexibility index (Phi) is 5.23. The predicted octanol–water partition coefficient (Wildman–Crippen LogP) is 2.84. The fourth-order valence-electron chi connectivity index (χ4n) is 2.89. The van der Waals surface area contributed by atoms with Gasteiger partial charge < -0.3 is 10.6 Å². The van der Waals surface area contributed by atoms with Crippen molar-refractivity contribution in [3.05, 3.63) is 47.4 Å². The van der Waals surface area contributed by atoms with Gasteiger partial charge in [-0.15, -0.1) is 10.2 Å². The lowest BCUT2D eigenvalue weighted by Crippen LogP contribution is -2.15. The molecule has 0 aliphatic heterocycles. The summed E-state index contributed by atoms with van der Waals surface area (Å²) in [6, 6.07) is 7.59. The summed E-state index contributed by atoms with van der Waals surface area (Å²) < 4.78 is 0. The molecule has 0 aromatic carbocycles. The second-order valence-electron chi connectivity index (χ2n) is 7.10. The molecule has 3 heterocycles. The highest BCUT2D eigenvalue weighted by Crippen LogP contribution is 2.30. The van der Waals surface area contributed by atoms with Crippen LogP contribution in [0.3, 0.4) is 0 Å². The average Bonchev–Trinajstić information content (AvgIpc) is 3.63. The van der Waals surface area contributed by atoms with Crippen molar-refractivity contribution >= 4 is 28.4 Å². The van der Waals surface area contributed by atoms with E-state index in [1.54, 1.807) is 31.6 Å². The molecule has 2 N–H and O–H groups in total. The zero-order valence-electron chi connectivity index (χ0n) is 16.6. The summed E-state index contributed by atoms with van der Waals surface area (Å²) in [7, 11) is 1.76. The third-order valence-corrected chi connectivity index (χ3v) is 4.87. The van der Waals surface area contributed by atoms with Gasteiger partial charge in [0.1, 0.15) is 11.2 Å². The van der Waals surface area contributed by atoms with Crippen molar-refractivity contribution in [3.63, 3.8) is 0 Å². The normalized spacial score (nSPS) is 13.6. The van der Waals surface area contributed by atoms with Crippen molar-refractivity contribution < 1.29 is 4.79 Å². The van der Waals surface area contributed by atoms with E-state index in [0.717, 1.165) is 23.8 Å². The first kappa shape index (κ1) is 19.3. The first-order chi connectivity index (χ1) is 14.6. The molecule has 1 unspecified atom stereocenters. The highest BCUT2D eigenvalue weighted by atomic mass is 16.2. The second-order valence-corrected chi connectivity index (χ2v) is 7.10. The minimum Gasteiger partial charge on any atom is -0.371 e. The van der Waals surface area contributed by atoms with Crippen molar-refractivity contribution in [2.45, 2.75) is 25.7 Å². The minimum atomic E-state index is -0.218. The summed E-state index contributed by atoms with van der Waals surface area (Å²) in [5.74, 6) is 6.90. The van der Waals surface area contributed by atoms with Crippen molar-refractivity contribution in [2.75, 3.05) is 17.7 Å². The van der Waals surface area contributed by atoms with Gasteiger partial charge in [-0.3, -0.25) is 4.79 Å². The number of nitrogens with zero attached hydrogens (tertiary/aromatic N) is 5. The molecule has 0 radical (unpaired) electrons. The Labute approximate surface area is 173 Å². The van der Waals surface area contributed by atoms with Gasteiger partial charge in [0.15, 0.2) is 11.6 Å². The fourth-order valence-corrected chi connectivity index (χ4v) is 2.89. The van der Waals surface area contributed by atoms with Crippen molar-refractivity contribution in [1.82, 2.24) is 20.2 Å². The Hall–Kier alpha value is -4.04. The number of nitrogens with one attached hydrogen (secondary N) is 2. The van der Waals surface area contributed by atoms with E-state index in [4.69, 9.17) is 5.26 Å². The molecule has 3 aromatic heterocycles. The maximum atomic E-state index is 12.1. The van der Waals surface area contributed by atoms with Crippen molar-refractivity contribution in [3.8, 4) is 17.9 Å². The largest absolute Gasteiger partial charge is 0.371 e. The summed E-state index contributed by atoms with van der Waals surface area (Å²) >= 11 is 0. The van der Waals surface area contributed by atoms with Crippen LogP contribution >= 0.6 is 0 Å². The Balaban J connectivity index is 1.68. The van der Waals surface area contributed by atoms with Crippen LogP contribution in [0.25, 0.3) is 10.9 Å². The molecule has 0 bridgehead atoms. The molecule has 1 amide bonds. The Morgan fingerprint density at radius 3 is 2.70 bits per heavy atom. The topological polar surface area (TPSA) is 116 Å². The molecular formula is C22H19N7O. The summed E-state index contributed by atoms with van der Waals surface area (Å²) in [5, 5.41) is 23.9. The van der Waals surface area contributed by atoms with Gasteiger partial charge in [-0.05, 0) is 43.4 Å². The van der Waals surface area contributed by atoms with E-state index in [9.17, 15) is 4.79 Å². The van der Waals surface area contributed by atoms with Gasteiger partial charge >= 0.3 is 0 Å². The maximum absolute atomic E-state index is 12.1. The smallest absolute Gasteiger partial charge is 0.228 e. The molecule has 8 heteroatoms. The number of amides is 1. The standard InChI is InChI=1S/C22H19N7O/c1-13(10-23)15-5-7-17(25-11-15)8-6-16-12-26-21(24-2)20-18(16)9-19(28-29-20)27-22(30)14-3-4-14/h5,7,9,11-14H,3-4H2,1-2H3,(H,24,26)(H,27,28,30). The van der Waals surface area contributed by atoms with Crippen LogP contribution < -0.4 is 10.6 Å². The first-order valence-corrected chi connectivity index (χ1v) is 9.61. The zero-order valence-corrected chi connectivity index (χ0v) is 16.6. The van der Waals surface area contributed by atoms with Gasteiger partial charge in [0.05, 0.1) is 17.6 Å². The third kappa shape index (κ3) is 4.03. The lowest BCUT2D eigenvalue weighted by atomic mass is 10.1. The molecule has 1 saturated carbocycles. The highest BCUT2D eigenvalue weighted by molar-refractivity contribution is 5.97. The van der Waals surface area contributed by atoms with E-state index < -0.39 is 0 Å². The molecule has 0 spiro atoms. The molecule has 1 fully saturated rings. The number of aromatic nitrogens is 4. The van der Waals surface area contributed by atoms with E-state index in [1.807, 2.05) is 13.0 Å². The van der Waals surface area contributed by atoms with Gasteiger partial charge in [0.2, 0.25) is 5.91 Å². The fraction of sp³-hybridized carbons (Fsp3) is 0.273. The van der Waals surface area contributed by atoms with E-state index in [0.29, 0.717) is 28.4 Å². The number of carbonyl (C=O) groups is 1. The van der Waals surface area contributed by atoms with E-state index >= 15 is 0 Å². The summed E-state index contributed by atoms with van der Waals surface area (Å²) in [6.45, 7) is 1.82. The zero-order chi connectivity index (χ0) is 21.1. The molecule has 8 nitrogen and oxygen atoms in total. The number of pyridine rings is 2. The number of nitriles is 1. The molecule has 148 valence electrons. The van der Waals surface area contributed by atoms with Gasteiger partial charge in [0.25, 0.3) is 0 Å². The molecule has 30 heavy (non-hydrogen) atoms. The molecule has 4 rings (SSSR count). The third-order valence-electron chi connectivity index (χ3n) is 4.87. The molecule has 1 aliphatic carbocycles. The van der Waals surface area contributed by atoms with Gasteiger partial charge in [-0.25, -0.2) is 9.97 Å². The monoisotopic (exact) mass is 397 g/mol. The molecule has 1 aliphatic rings. The summed E-state index contributed by atoms with van der Waals surface area (Å²) in [4.78, 5) is 20.7. The Morgan fingerprint density at radius 1 is 1.20 bits per heavy atom. The molecule has 0 saturated heterocycles. The predicted molar refractivity (Wildman–Crippen MR) is 112 cm³/mol. The maximum Gasteiger partial charge on any atom is 0.228 e. The van der Waals surface area contributed by atoms with Gasteiger partial charge in [-0.2, -0.15) is 5.26 Å². The lowest BCUT2D eigenvalue weighted by Gasteiger charge is -2.08. The Bertz CT molecular complexity index is 1210. The summed E-state index contributed by atoms with van der Waals surface area (Å²) in [5.41, 5.74) is 2.65. The SMILES string of the molecule is CNc1ncc(C#Cc2ccc(C(C)C#N)cn2)c2cc(NC(=O)C3CC3)nnc12. The van der Waals surface area contributed by atoms with Gasteiger partial charge in [0, 0.05) is 30.7 Å². The minimum absolute atomic E-state index is 0.0323. The van der Waals surface area contributed by atoms with Crippen LogP contribution in [0, 0.1) is 29.1 Å². The van der Waals surface area contributed by atoms with Crippen LogP contribution in [0.5, 0.6) is 0 Å². The van der Waals surface area contributed by atoms with Crippen LogP contribution in [0.4, 0.5) is 11.6 Å². The van der Waals surface area contributed by atoms with Crippen molar-refractivity contribution in [2.24, 2.45) is 5.92 Å². The average molecular weight is 397 g/mol. The number of rotatable bonds is 4. The molecule has 3 aromatic rings. The number of carbonyl (C=O) groups excluding carboxylic acids is 1. The molecule has 1 atom stereocenters.